The minimum Gasteiger partial charge on any atom is -0.381 e. The van der Waals surface area contributed by atoms with E-state index in [4.69, 9.17) is 10.5 Å². The van der Waals surface area contributed by atoms with Crippen LogP contribution in [0.25, 0.3) is 0 Å². The molecule has 1 aromatic rings. The van der Waals surface area contributed by atoms with Gasteiger partial charge in [0.2, 0.25) is 5.91 Å². The van der Waals surface area contributed by atoms with Crippen LogP contribution in [0.5, 0.6) is 0 Å². The minimum atomic E-state index is -0.409. The normalized spacial score (nSPS) is 20.1. The Labute approximate surface area is 99.0 Å². The van der Waals surface area contributed by atoms with Crippen LogP contribution < -0.4 is 16.0 Å². The van der Waals surface area contributed by atoms with E-state index in [2.05, 4.69) is 15.3 Å². The lowest BCUT2D eigenvalue weighted by Gasteiger charge is -2.35. The second-order valence-corrected chi connectivity index (χ2v) is 3.66. The van der Waals surface area contributed by atoms with E-state index in [1.54, 1.807) is 13.2 Å². The van der Waals surface area contributed by atoms with Gasteiger partial charge in [-0.3, -0.25) is 4.79 Å². The quantitative estimate of drug-likeness (QED) is 0.686. The van der Waals surface area contributed by atoms with E-state index in [9.17, 15) is 4.79 Å². The summed E-state index contributed by atoms with van der Waals surface area (Å²) in [5.74, 6) is 0.738. The first-order valence-electron chi connectivity index (χ1n) is 5.36. The van der Waals surface area contributed by atoms with E-state index < -0.39 is 6.04 Å². The summed E-state index contributed by atoms with van der Waals surface area (Å²) in [5, 5.41) is 2.60. The van der Waals surface area contributed by atoms with Crippen molar-refractivity contribution in [1.82, 2.24) is 15.3 Å². The summed E-state index contributed by atoms with van der Waals surface area (Å²) < 4.78 is 5.31. The molecule has 0 aliphatic carbocycles. The maximum Gasteiger partial charge on any atom is 0.244 e. The van der Waals surface area contributed by atoms with Gasteiger partial charge in [0.1, 0.15) is 6.04 Å². The smallest absolute Gasteiger partial charge is 0.244 e. The largest absolute Gasteiger partial charge is 0.381 e. The van der Waals surface area contributed by atoms with Crippen molar-refractivity contribution in [2.24, 2.45) is 0 Å². The summed E-state index contributed by atoms with van der Waals surface area (Å²) in [5.41, 5.74) is 5.77. The molecular formula is C10H15N5O2. The lowest BCUT2D eigenvalue weighted by atomic mass is 10.2. The van der Waals surface area contributed by atoms with Crippen molar-refractivity contribution in [2.75, 3.05) is 37.4 Å². The Bertz CT molecular complexity index is 411. The number of hydrogen-bond donors (Lipinski definition) is 2. The predicted molar refractivity (Wildman–Crippen MR) is 62.5 cm³/mol. The molecule has 1 unspecified atom stereocenters. The van der Waals surface area contributed by atoms with E-state index in [-0.39, 0.29) is 5.91 Å². The van der Waals surface area contributed by atoms with Crippen LogP contribution in [0.2, 0.25) is 0 Å². The molecule has 3 N–H and O–H groups in total. The molecular weight excluding hydrogens is 222 g/mol. The molecule has 0 aromatic carbocycles. The molecule has 0 radical (unpaired) electrons. The zero-order valence-electron chi connectivity index (χ0n) is 9.59. The Morgan fingerprint density at radius 3 is 3.06 bits per heavy atom. The number of nitrogens with one attached hydrogen (secondary N) is 1. The average molecular weight is 237 g/mol. The van der Waals surface area contributed by atoms with E-state index in [1.165, 1.54) is 6.20 Å². The van der Waals surface area contributed by atoms with Crippen molar-refractivity contribution >= 4 is 17.5 Å². The summed E-state index contributed by atoms with van der Waals surface area (Å²) in [6.07, 6.45) is 3.08. The molecule has 1 atom stereocenters. The number of carbonyl (C=O) groups excluding carboxylic acids is 1. The summed E-state index contributed by atoms with van der Waals surface area (Å²) >= 11 is 0. The highest BCUT2D eigenvalue weighted by molar-refractivity contribution is 5.85. The molecule has 1 aliphatic heterocycles. The van der Waals surface area contributed by atoms with E-state index in [0.717, 1.165) is 0 Å². The fraction of sp³-hybridized carbons (Fsp3) is 0.500. The number of hydrogen-bond acceptors (Lipinski definition) is 6. The van der Waals surface area contributed by atoms with Gasteiger partial charge in [-0.2, -0.15) is 0 Å². The first kappa shape index (κ1) is 11.6. The Balaban J connectivity index is 2.28. The topological polar surface area (TPSA) is 93.4 Å². The molecule has 0 saturated carbocycles. The number of carbonyl (C=O) groups is 1. The molecule has 17 heavy (non-hydrogen) atoms. The monoisotopic (exact) mass is 237 g/mol. The van der Waals surface area contributed by atoms with Gasteiger partial charge in [-0.15, -0.1) is 0 Å². The summed E-state index contributed by atoms with van der Waals surface area (Å²) in [4.78, 5) is 21.7. The zero-order valence-corrected chi connectivity index (χ0v) is 9.59. The number of ether oxygens (including phenoxy) is 1. The second kappa shape index (κ2) is 4.96. The van der Waals surface area contributed by atoms with E-state index in [0.29, 0.717) is 31.4 Å². The highest BCUT2D eigenvalue weighted by atomic mass is 16.5. The third kappa shape index (κ3) is 2.28. The maximum atomic E-state index is 11.7. The molecule has 7 heteroatoms. The first-order chi connectivity index (χ1) is 8.24. The van der Waals surface area contributed by atoms with Crippen molar-refractivity contribution in [3.05, 3.63) is 12.4 Å². The highest BCUT2D eigenvalue weighted by Gasteiger charge is 2.30. The highest BCUT2D eigenvalue weighted by Crippen LogP contribution is 2.21. The number of morpholine rings is 1. The van der Waals surface area contributed by atoms with Crippen molar-refractivity contribution < 1.29 is 9.53 Å². The first-order valence-corrected chi connectivity index (χ1v) is 5.36. The van der Waals surface area contributed by atoms with Crippen LogP contribution in [-0.2, 0) is 9.53 Å². The third-order valence-electron chi connectivity index (χ3n) is 2.66. The SMILES string of the molecule is CNC(=O)C1COCCN1c1nccnc1N. The molecule has 1 amide bonds. The molecule has 0 bridgehead atoms. The third-order valence-corrected chi connectivity index (χ3v) is 2.66. The number of nitrogens with zero attached hydrogens (tertiary/aromatic N) is 3. The lowest BCUT2D eigenvalue weighted by Crippen LogP contribution is -2.53. The number of anilines is 2. The van der Waals surface area contributed by atoms with Crippen LogP contribution in [0.3, 0.4) is 0 Å². The van der Waals surface area contributed by atoms with Crippen molar-refractivity contribution in [3.63, 3.8) is 0 Å². The van der Waals surface area contributed by atoms with E-state index >= 15 is 0 Å². The van der Waals surface area contributed by atoms with Gasteiger partial charge >= 0.3 is 0 Å². The molecule has 2 heterocycles. The van der Waals surface area contributed by atoms with Crippen LogP contribution in [0.4, 0.5) is 11.6 Å². The second-order valence-electron chi connectivity index (χ2n) is 3.66. The van der Waals surface area contributed by atoms with Crippen LogP contribution in [0, 0.1) is 0 Å². The Kier molecular flexibility index (Phi) is 3.38. The van der Waals surface area contributed by atoms with Gasteiger partial charge in [0.15, 0.2) is 11.6 Å². The van der Waals surface area contributed by atoms with Crippen molar-refractivity contribution in [1.29, 1.82) is 0 Å². The summed E-state index contributed by atoms with van der Waals surface area (Å²) in [6.45, 7) is 1.44. The van der Waals surface area contributed by atoms with E-state index in [1.807, 2.05) is 4.90 Å². The molecule has 92 valence electrons. The van der Waals surface area contributed by atoms with Gasteiger partial charge in [0, 0.05) is 26.0 Å². The van der Waals surface area contributed by atoms with Gasteiger partial charge in [-0.1, -0.05) is 0 Å². The van der Waals surface area contributed by atoms with Crippen molar-refractivity contribution in [3.8, 4) is 0 Å². The standard InChI is InChI=1S/C10H15N5O2/c1-12-10(16)7-6-17-5-4-15(7)9-8(11)13-2-3-14-9/h2-3,7H,4-6H2,1H3,(H2,11,13)(H,12,16). The van der Waals surface area contributed by atoms with Gasteiger partial charge in [0.05, 0.1) is 13.2 Å². The van der Waals surface area contributed by atoms with Gasteiger partial charge < -0.3 is 20.7 Å². The number of nitrogens with two attached hydrogens (primary N) is 1. The average Bonchev–Trinajstić information content (AvgIpc) is 2.38. The fourth-order valence-corrected chi connectivity index (χ4v) is 1.80. The Morgan fingerprint density at radius 1 is 1.59 bits per heavy atom. The molecule has 0 spiro atoms. The number of nitrogen functional groups attached to an aromatic ring is 1. The molecule has 1 aliphatic rings. The number of rotatable bonds is 2. The van der Waals surface area contributed by atoms with Crippen LogP contribution in [0.1, 0.15) is 0 Å². The molecule has 7 nitrogen and oxygen atoms in total. The number of amides is 1. The maximum absolute atomic E-state index is 11.7. The number of likely N-dealkylation sites (N-methyl/N-ethyl adjacent to an activating group) is 1. The number of aromatic nitrogens is 2. The minimum absolute atomic E-state index is 0.116. The predicted octanol–water partition coefficient (Wildman–Crippen LogP) is -0.990. The Morgan fingerprint density at radius 2 is 2.35 bits per heavy atom. The Hall–Kier alpha value is -1.89. The molecule has 2 rings (SSSR count). The summed E-state index contributed by atoms with van der Waals surface area (Å²) in [6, 6.07) is -0.409. The molecule has 1 aromatic heterocycles. The van der Waals surface area contributed by atoms with Crippen LogP contribution in [-0.4, -0.2) is 48.7 Å². The lowest BCUT2D eigenvalue weighted by molar-refractivity contribution is -0.124. The van der Waals surface area contributed by atoms with Gasteiger partial charge in [0.25, 0.3) is 0 Å². The zero-order chi connectivity index (χ0) is 12.3. The van der Waals surface area contributed by atoms with Gasteiger partial charge in [-0.05, 0) is 0 Å². The fourth-order valence-electron chi connectivity index (χ4n) is 1.80. The molecule has 1 fully saturated rings. The van der Waals surface area contributed by atoms with Crippen molar-refractivity contribution in [2.45, 2.75) is 6.04 Å². The van der Waals surface area contributed by atoms with Crippen LogP contribution in [0.15, 0.2) is 12.4 Å². The molecule has 1 saturated heterocycles. The van der Waals surface area contributed by atoms with Gasteiger partial charge in [-0.25, -0.2) is 9.97 Å². The summed E-state index contributed by atoms with van der Waals surface area (Å²) in [7, 11) is 1.59. The van der Waals surface area contributed by atoms with Crippen LogP contribution >= 0.6 is 0 Å².